The molecule has 1 aromatic carbocycles. The van der Waals surface area contributed by atoms with E-state index < -0.39 is 0 Å². The number of nitrogens with one attached hydrogen (secondary N) is 1. The van der Waals surface area contributed by atoms with Crippen LogP contribution in [-0.2, 0) is 11.3 Å². The zero-order valence-corrected chi connectivity index (χ0v) is 12.9. The second kappa shape index (κ2) is 6.89. The van der Waals surface area contributed by atoms with Crippen molar-refractivity contribution in [2.75, 3.05) is 19.6 Å². The van der Waals surface area contributed by atoms with Crippen molar-refractivity contribution in [3.63, 3.8) is 0 Å². The Morgan fingerprint density at radius 2 is 1.80 bits per heavy atom. The highest BCUT2D eigenvalue weighted by molar-refractivity contribution is 5.78. The Balaban J connectivity index is 1.76. The largest absolute Gasteiger partial charge is 0.351 e. The summed E-state index contributed by atoms with van der Waals surface area (Å²) in [5.74, 6) is 1.53. The first-order valence-corrected chi connectivity index (χ1v) is 7.57. The number of carbonyl (C=O) groups is 1. The second-order valence-electron chi connectivity index (χ2n) is 6.40. The average molecular weight is 274 g/mol. The minimum absolute atomic E-state index is 0.131. The molecule has 0 bridgehead atoms. The van der Waals surface area contributed by atoms with Crippen molar-refractivity contribution in [3.05, 3.63) is 35.4 Å². The Morgan fingerprint density at radius 3 is 2.40 bits per heavy atom. The van der Waals surface area contributed by atoms with Crippen LogP contribution in [0.3, 0.4) is 0 Å². The molecule has 2 atom stereocenters. The molecule has 0 radical (unpaired) electrons. The van der Waals surface area contributed by atoms with Gasteiger partial charge in [-0.15, -0.1) is 0 Å². The van der Waals surface area contributed by atoms with Crippen LogP contribution in [0.25, 0.3) is 0 Å². The molecule has 1 amide bonds. The number of hydrogen-bond donors (Lipinski definition) is 1. The molecule has 0 aliphatic carbocycles. The quantitative estimate of drug-likeness (QED) is 0.915. The highest BCUT2D eigenvalue weighted by Crippen LogP contribution is 2.20. The van der Waals surface area contributed by atoms with Gasteiger partial charge in [-0.05, 0) is 30.7 Å². The Bertz CT molecular complexity index is 431. The SMILES string of the molecule is Cc1ccc(CNC(=O)CN2CC(C)CC(C)C2)cc1. The topological polar surface area (TPSA) is 32.3 Å². The van der Waals surface area contributed by atoms with E-state index in [4.69, 9.17) is 0 Å². The van der Waals surface area contributed by atoms with Gasteiger partial charge in [-0.1, -0.05) is 43.7 Å². The van der Waals surface area contributed by atoms with Crippen molar-refractivity contribution >= 4 is 5.91 Å². The van der Waals surface area contributed by atoms with Crippen molar-refractivity contribution in [2.45, 2.75) is 33.7 Å². The van der Waals surface area contributed by atoms with Gasteiger partial charge in [-0.2, -0.15) is 0 Å². The molecule has 0 spiro atoms. The Morgan fingerprint density at radius 1 is 1.20 bits per heavy atom. The van der Waals surface area contributed by atoms with Gasteiger partial charge in [0, 0.05) is 19.6 Å². The molecule has 0 aromatic heterocycles. The maximum absolute atomic E-state index is 12.0. The van der Waals surface area contributed by atoms with Crippen molar-refractivity contribution in [3.8, 4) is 0 Å². The monoisotopic (exact) mass is 274 g/mol. The van der Waals surface area contributed by atoms with Crippen molar-refractivity contribution in [2.24, 2.45) is 11.8 Å². The van der Waals surface area contributed by atoms with Gasteiger partial charge in [0.15, 0.2) is 0 Å². The first kappa shape index (κ1) is 15.0. The standard InChI is InChI=1S/C17H26N2O/c1-13-4-6-16(7-5-13)9-18-17(20)12-19-10-14(2)8-15(3)11-19/h4-7,14-15H,8-12H2,1-3H3,(H,18,20). The number of benzene rings is 1. The summed E-state index contributed by atoms with van der Waals surface area (Å²) in [4.78, 5) is 14.3. The first-order chi connectivity index (χ1) is 9.52. The van der Waals surface area contributed by atoms with Gasteiger partial charge >= 0.3 is 0 Å². The summed E-state index contributed by atoms with van der Waals surface area (Å²) in [5.41, 5.74) is 2.40. The number of rotatable bonds is 4. The number of piperidine rings is 1. The van der Waals surface area contributed by atoms with Crippen LogP contribution in [-0.4, -0.2) is 30.4 Å². The van der Waals surface area contributed by atoms with Gasteiger partial charge in [0.25, 0.3) is 0 Å². The van der Waals surface area contributed by atoms with Gasteiger partial charge in [-0.25, -0.2) is 0 Å². The van der Waals surface area contributed by atoms with Crippen LogP contribution in [0, 0.1) is 18.8 Å². The fourth-order valence-corrected chi connectivity index (χ4v) is 3.09. The number of aryl methyl sites for hydroxylation is 1. The third-order valence-electron chi connectivity index (χ3n) is 3.92. The third kappa shape index (κ3) is 4.64. The highest BCUT2D eigenvalue weighted by atomic mass is 16.2. The number of likely N-dealkylation sites (tertiary alicyclic amines) is 1. The minimum Gasteiger partial charge on any atom is -0.351 e. The number of amides is 1. The normalized spacial score (nSPS) is 23.6. The molecule has 1 aliphatic heterocycles. The molecular formula is C17H26N2O. The summed E-state index contributed by atoms with van der Waals surface area (Å²) in [6.45, 7) is 9.85. The predicted octanol–water partition coefficient (Wildman–Crippen LogP) is 2.59. The summed E-state index contributed by atoms with van der Waals surface area (Å²) < 4.78 is 0. The van der Waals surface area contributed by atoms with Crippen LogP contribution in [0.2, 0.25) is 0 Å². The molecule has 1 aliphatic rings. The van der Waals surface area contributed by atoms with E-state index in [1.807, 2.05) is 0 Å². The molecule has 1 saturated heterocycles. The molecule has 2 rings (SSSR count). The lowest BCUT2D eigenvalue weighted by Crippen LogP contribution is -2.44. The number of nitrogens with zero attached hydrogens (tertiary/aromatic N) is 1. The Kier molecular flexibility index (Phi) is 5.18. The lowest BCUT2D eigenvalue weighted by atomic mass is 9.92. The molecule has 1 fully saturated rings. The zero-order chi connectivity index (χ0) is 14.5. The summed E-state index contributed by atoms with van der Waals surface area (Å²) in [5, 5.41) is 3.01. The van der Waals surface area contributed by atoms with Crippen molar-refractivity contribution in [1.82, 2.24) is 10.2 Å². The van der Waals surface area contributed by atoms with E-state index >= 15 is 0 Å². The van der Waals surface area contributed by atoms with Gasteiger partial charge in [0.1, 0.15) is 0 Å². The van der Waals surface area contributed by atoms with Crippen LogP contribution in [0.4, 0.5) is 0 Å². The summed E-state index contributed by atoms with van der Waals surface area (Å²) in [7, 11) is 0. The van der Waals surface area contributed by atoms with Gasteiger partial charge in [0.05, 0.1) is 6.54 Å². The molecule has 2 unspecified atom stereocenters. The minimum atomic E-state index is 0.131. The Hall–Kier alpha value is -1.35. The highest BCUT2D eigenvalue weighted by Gasteiger charge is 2.22. The third-order valence-corrected chi connectivity index (χ3v) is 3.92. The van der Waals surface area contributed by atoms with Crippen LogP contribution in [0.1, 0.15) is 31.4 Å². The van der Waals surface area contributed by atoms with E-state index in [1.165, 1.54) is 12.0 Å². The summed E-state index contributed by atoms with van der Waals surface area (Å²) in [6.07, 6.45) is 1.28. The lowest BCUT2D eigenvalue weighted by molar-refractivity contribution is -0.123. The number of carbonyl (C=O) groups excluding carboxylic acids is 1. The predicted molar refractivity (Wildman–Crippen MR) is 82.4 cm³/mol. The van der Waals surface area contributed by atoms with Gasteiger partial charge < -0.3 is 5.32 Å². The molecule has 1 heterocycles. The van der Waals surface area contributed by atoms with E-state index in [2.05, 4.69) is 55.3 Å². The molecule has 1 aromatic rings. The molecule has 20 heavy (non-hydrogen) atoms. The van der Waals surface area contributed by atoms with E-state index in [-0.39, 0.29) is 5.91 Å². The second-order valence-corrected chi connectivity index (χ2v) is 6.40. The Labute approximate surface area is 122 Å². The van der Waals surface area contributed by atoms with Crippen LogP contribution in [0.5, 0.6) is 0 Å². The maximum Gasteiger partial charge on any atom is 0.234 e. The molecule has 110 valence electrons. The van der Waals surface area contributed by atoms with Crippen LogP contribution in [0.15, 0.2) is 24.3 Å². The van der Waals surface area contributed by atoms with Crippen LogP contribution < -0.4 is 5.32 Å². The fraction of sp³-hybridized carbons (Fsp3) is 0.588. The van der Waals surface area contributed by atoms with Gasteiger partial charge in [-0.3, -0.25) is 9.69 Å². The molecular weight excluding hydrogens is 248 g/mol. The molecule has 1 N–H and O–H groups in total. The molecule has 3 heteroatoms. The maximum atomic E-state index is 12.0. The van der Waals surface area contributed by atoms with Crippen molar-refractivity contribution in [1.29, 1.82) is 0 Å². The zero-order valence-electron chi connectivity index (χ0n) is 12.9. The molecule has 3 nitrogen and oxygen atoms in total. The number of hydrogen-bond acceptors (Lipinski definition) is 2. The van der Waals surface area contributed by atoms with Gasteiger partial charge in [0.2, 0.25) is 5.91 Å². The van der Waals surface area contributed by atoms with E-state index in [0.29, 0.717) is 24.9 Å². The van der Waals surface area contributed by atoms with Crippen molar-refractivity contribution < 1.29 is 4.79 Å². The van der Waals surface area contributed by atoms with E-state index in [9.17, 15) is 4.79 Å². The summed E-state index contributed by atoms with van der Waals surface area (Å²) in [6, 6.07) is 8.30. The smallest absolute Gasteiger partial charge is 0.234 e. The lowest BCUT2D eigenvalue weighted by Gasteiger charge is -2.34. The van der Waals surface area contributed by atoms with E-state index in [0.717, 1.165) is 18.7 Å². The first-order valence-electron chi connectivity index (χ1n) is 7.57. The van der Waals surface area contributed by atoms with Crippen LogP contribution >= 0.6 is 0 Å². The fourth-order valence-electron chi connectivity index (χ4n) is 3.09. The molecule has 0 saturated carbocycles. The average Bonchev–Trinajstić information content (AvgIpc) is 2.37. The van der Waals surface area contributed by atoms with E-state index in [1.54, 1.807) is 0 Å². The summed E-state index contributed by atoms with van der Waals surface area (Å²) >= 11 is 0.